The lowest BCUT2D eigenvalue weighted by Crippen LogP contribution is -2.41. The van der Waals surface area contributed by atoms with Crippen LogP contribution >= 0.6 is 0 Å². The van der Waals surface area contributed by atoms with Crippen LogP contribution in [0.4, 0.5) is 4.39 Å². The number of nitrogens with two attached hydrogens (primary N) is 1. The predicted molar refractivity (Wildman–Crippen MR) is 79.5 cm³/mol. The summed E-state index contributed by atoms with van der Waals surface area (Å²) in [6.07, 6.45) is 1.17. The summed E-state index contributed by atoms with van der Waals surface area (Å²) in [5.74, 6) is -0.685. The highest BCUT2D eigenvalue weighted by Crippen LogP contribution is 2.15. The number of oxime groups is 1. The molecule has 0 aliphatic heterocycles. The molecule has 0 spiro atoms. The Kier molecular flexibility index (Phi) is 5.30. The number of sulfone groups is 1. The monoisotopic (exact) mass is 317 g/mol. The SMILES string of the molecule is CC(C)(CNCc1ccc(C(N)=NO)cc1F)S(C)(=O)=O. The van der Waals surface area contributed by atoms with E-state index in [4.69, 9.17) is 10.9 Å². The van der Waals surface area contributed by atoms with Crippen LogP contribution in [-0.2, 0) is 16.4 Å². The van der Waals surface area contributed by atoms with Gasteiger partial charge in [0.1, 0.15) is 5.82 Å². The van der Waals surface area contributed by atoms with Gasteiger partial charge >= 0.3 is 0 Å². The molecule has 1 aromatic carbocycles. The smallest absolute Gasteiger partial charge is 0.170 e. The van der Waals surface area contributed by atoms with E-state index in [1.54, 1.807) is 13.8 Å². The molecule has 0 amide bonds. The summed E-state index contributed by atoms with van der Waals surface area (Å²) in [6.45, 7) is 3.59. The van der Waals surface area contributed by atoms with Gasteiger partial charge in [-0.1, -0.05) is 17.3 Å². The first-order valence-electron chi connectivity index (χ1n) is 6.25. The van der Waals surface area contributed by atoms with Gasteiger partial charge in [-0.3, -0.25) is 0 Å². The number of nitrogens with one attached hydrogen (secondary N) is 1. The molecule has 0 bridgehead atoms. The van der Waals surface area contributed by atoms with Gasteiger partial charge in [0, 0.05) is 30.5 Å². The average molecular weight is 317 g/mol. The zero-order valence-corrected chi connectivity index (χ0v) is 13.0. The van der Waals surface area contributed by atoms with Crippen LogP contribution < -0.4 is 11.1 Å². The number of rotatable bonds is 6. The summed E-state index contributed by atoms with van der Waals surface area (Å²) < 4.78 is 36.0. The normalized spacial score (nSPS) is 13.4. The standard InChI is InChI=1S/C13H20FN3O3S/c1-13(2,21(3,19)20)8-16-7-10-5-4-9(6-11(10)14)12(15)17-18/h4-6,16,18H,7-8H2,1-3H3,(H2,15,17). The van der Waals surface area contributed by atoms with Gasteiger partial charge in [0.05, 0.1) is 4.75 Å². The van der Waals surface area contributed by atoms with Crippen LogP contribution in [0.2, 0.25) is 0 Å². The summed E-state index contributed by atoms with van der Waals surface area (Å²) in [5.41, 5.74) is 6.01. The molecule has 6 nitrogen and oxygen atoms in total. The molecule has 0 atom stereocenters. The van der Waals surface area contributed by atoms with Crippen molar-refractivity contribution >= 4 is 15.7 Å². The number of nitrogens with zero attached hydrogens (tertiary/aromatic N) is 1. The van der Waals surface area contributed by atoms with Gasteiger partial charge < -0.3 is 16.3 Å². The molecule has 0 aliphatic rings. The van der Waals surface area contributed by atoms with Gasteiger partial charge in [-0.25, -0.2) is 12.8 Å². The molecule has 0 radical (unpaired) electrons. The van der Waals surface area contributed by atoms with Crippen molar-refractivity contribution in [3.05, 3.63) is 35.1 Å². The van der Waals surface area contributed by atoms with Crippen molar-refractivity contribution in [3.63, 3.8) is 0 Å². The number of halogens is 1. The molecule has 0 saturated carbocycles. The molecule has 0 fully saturated rings. The van der Waals surface area contributed by atoms with Crippen molar-refractivity contribution in [1.29, 1.82) is 0 Å². The maximum absolute atomic E-state index is 13.9. The van der Waals surface area contributed by atoms with E-state index in [1.807, 2.05) is 0 Å². The lowest BCUT2D eigenvalue weighted by molar-refractivity contribution is 0.318. The minimum Gasteiger partial charge on any atom is -0.409 e. The Morgan fingerprint density at radius 1 is 1.48 bits per heavy atom. The van der Waals surface area contributed by atoms with E-state index in [-0.39, 0.29) is 24.5 Å². The predicted octanol–water partition coefficient (Wildman–Crippen LogP) is 0.833. The highest BCUT2D eigenvalue weighted by atomic mass is 32.2. The van der Waals surface area contributed by atoms with Gasteiger partial charge in [-0.05, 0) is 19.9 Å². The number of benzene rings is 1. The fourth-order valence-electron chi connectivity index (χ4n) is 1.54. The molecule has 0 saturated heterocycles. The molecule has 0 aliphatic carbocycles. The van der Waals surface area contributed by atoms with E-state index in [1.165, 1.54) is 18.4 Å². The maximum atomic E-state index is 13.9. The van der Waals surface area contributed by atoms with Gasteiger partial charge in [-0.2, -0.15) is 0 Å². The summed E-state index contributed by atoms with van der Waals surface area (Å²) in [5, 5.41) is 14.2. The topological polar surface area (TPSA) is 105 Å². The van der Waals surface area contributed by atoms with Crippen molar-refractivity contribution in [3.8, 4) is 0 Å². The van der Waals surface area contributed by atoms with E-state index in [0.717, 1.165) is 6.07 Å². The molecular formula is C13H20FN3O3S. The van der Waals surface area contributed by atoms with Crippen LogP contribution in [0.1, 0.15) is 25.0 Å². The number of amidine groups is 1. The zero-order valence-electron chi connectivity index (χ0n) is 12.2. The van der Waals surface area contributed by atoms with Crippen molar-refractivity contribution in [1.82, 2.24) is 5.32 Å². The van der Waals surface area contributed by atoms with E-state index < -0.39 is 20.4 Å². The summed E-state index contributed by atoms with van der Waals surface area (Å²) in [7, 11) is -3.20. The van der Waals surface area contributed by atoms with E-state index in [0.29, 0.717) is 5.56 Å². The summed E-state index contributed by atoms with van der Waals surface area (Å²) in [4.78, 5) is 0. The highest BCUT2D eigenvalue weighted by Gasteiger charge is 2.29. The molecule has 0 unspecified atom stereocenters. The van der Waals surface area contributed by atoms with E-state index in [2.05, 4.69) is 10.5 Å². The van der Waals surface area contributed by atoms with Gasteiger partial charge in [0.15, 0.2) is 15.7 Å². The van der Waals surface area contributed by atoms with Gasteiger partial charge in [0.2, 0.25) is 0 Å². The van der Waals surface area contributed by atoms with Crippen LogP contribution in [0.15, 0.2) is 23.4 Å². The Morgan fingerprint density at radius 3 is 2.57 bits per heavy atom. The fourth-order valence-corrected chi connectivity index (χ4v) is 1.90. The summed E-state index contributed by atoms with van der Waals surface area (Å²) >= 11 is 0. The number of hydrogen-bond donors (Lipinski definition) is 3. The highest BCUT2D eigenvalue weighted by molar-refractivity contribution is 7.92. The first-order chi connectivity index (χ1) is 9.58. The third-order valence-corrected chi connectivity index (χ3v) is 5.48. The molecular weight excluding hydrogens is 297 g/mol. The maximum Gasteiger partial charge on any atom is 0.170 e. The minimum absolute atomic E-state index is 0.174. The Labute approximate surface area is 123 Å². The third kappa shape index (κ3) is 4.40. The second kappa shape index (κ2) is 6.40. The first-order valence-corrected chi connectivity index (χ1v) is 8.14. The molecule has 1 aromatic rings. The molecule has 118 valence electrons. The Bertz CT molecular complexity index is 642. The molecule has 8 heteroatoms. The number of hydrogen-bond acceptors (Lipinski definition) is 5. The molecule has 21 heavy (non-hydrogen) atoms. The van der Waals surface area contributed by atoms with Crippen molar-refractivity contribution < 1.29 is 18.0 Å². The largest absolute Gasteiger partial charge is 0.409 e. The van der Waals surface area contributed by atoms with E-state index >= 15 is 0 Å². The average Bonchev–Trinajstić information content (AvgIpc) is 2.38. The molecule has 1 rings (SSSR count). The molecule has 4 N–H and O–H groups in total. The first kappa shape index (κ1) is 17.4. The Morgan fingerprint density at radius 2 is 2.10 bits per heavy atom. The van der Waals surface area contributed by atoms with Crippen molar-refractivity contribution in [2.75, 3.05) is 12.8 Å². The lowest BCUT2D eigenvalue weighted by Gasteiger charge is -2.23. The van der Waals surface area contributed by atoms with Crippen LogP contribution in [-0.4, -0.2) is 37.0 Å². The van der Waals surface area contributed by atoms with Crippen LogP contribution in [0.3, 0.4) is 0 Å². The van der Waals surface area contributed by atoms with Crippen LogP contribution in [0, 0.1) is 5.82 Å². The Hall–Kier alpha value is -1.67. The minimum atomic E-state index is -3.20. The Balaban J connectivity index is 2.74. The quantitative estimate of drug-likeness (QED) is 0.312. The van der Waals surface area contributed by atoms with Crippen LogP contribution in [0.5, 0.6) is 0 Å². The van der Waals surface area contributed by atoms with Crippen molar-refractivity contribution in [2.45, 2.75) is 25.1 Å². The zero-order chi connectivity index (χ0) is 16.3. The molecule has 0 aromatic heterocycles. The van der Waals surface area contributed by atoms with E-state index in [9.17, 15) is 12.8 Å². The third-order valence-electron chi connectivity index (χ3n) is 3.33. The van der Waals surface area contributed by atoms with Gasteiger partial charge in [0.25, 0.3) is 0 Å². The van der Waals surface area contributed by atoms with Crippen molar-refractivity contribution in [2.24, 2.45) is 10.9 Å². The summed E-state index contributed by atoms with van der Waals surface area (Å²) in [6, 6.07) is 4.19. The lowest BCUT2D eigenvalue weighted by atomic mass is 10.1. The van der Waals surface area contributed by atoms with Gasteiger partial charge in [-0.15, -0.1) is 0 Å². The van der Waals surface area contributed by atoms with Crippen LogP contribution in [0.25, 0.3) is 0 Å². The fraction of sp³-hybridized carbons (Fsp3) is 0.462. The molecule has 0 heterocycles. The second-order valence-corrected chi connectivity index (χ2v) is 8.08. The second-order valence-electron chi connectivity index (χ2n) is 5.43.